The lowest BCUT2D eigenvalue weighted by Crippen LogP contribution is -2.53. The Balaban J connectivity index is 2.14. The Labute approximate surface area is 117 Å². The number of carbonyl (C=O) groups excluding carboxylic acids is 1. The van der Waals surface area contributed by atoms with Crippen LogP contribution in [-0.4, -0.2) is 51.9 Å². The average molecular weight is 300 g/mol. The van der Waals surface area contributed by atoms with E-state index in [-0.39, 0.29) is 0 Å². The van der Waals surface area contributed by atoms with Crippen molar-refractivity contribution in [2.45, 2.75) is 13.0 Å². The van der Waals surface area contributed by atoms with Gasteiger partial charge in [0.1, 0.15) is 17.5 Å². The van der Waals surface area contributed by atoms with E-state index >= 15 is 0 Å². The van der Waals surface area contributed by atoms with Gasteiger partial charge in [-0.2, -0.15) is 8.42 Å². The number of methoxy groups -OCH3 is 1. The molecule has 1 aromatic heterocycles. The van der Waals surface area contributed by atoms with Crippen LogP contribution < -0.4 is 4.90 Å². The summed E-state index contributed by atoms with van der Waals surface area (Å²) in [6.07, 6.45) is 2.25. The summed E-state index contributed by atoms with van der Waals surface area (Å²) in [6, 6.07) is 1.69. The summed E-state index contributed by atoms with van der Waals surface area (Å²) >= 11 is 0. The van der Waals surface area contributed by atoms with Crippen molar-refractivity contribution >= 4 is 21.9 Å². The van der Waals surface area contributed by atoms with Crippen LogP contribution in [-0.2, 0) is 19.0 Å². The molecule has 0 atom stereocenters. The zero-order valence-corrected chi connectivity index (χ0v) is 12.3. The van der Waals surface area contributed by atoms with Gasteiger partial charge < -0.3 is 9.64 Å². The summed E-state index contributed by atoms with van der Waals surface area (Å²) in [5, 5.41) is 0. The Hall–Kier alpha value is -1.67. The molecule has 1 saturated heterocycles. The molecule has 0 radical (unpaired) electrons. The zero-order valence-electron chi connectivity index (χ0n) is 11.5. The van der Waals surface area contributed by atoms with Crippen LogP contribution in [0, 0.1) is 6.92 Å². The number of aryl methyl sites for hydroxylation is 1. The quantitative estimate of drug-likeness (QED) is 0.585. The number of hydrogen-bond acceptors (Lipinski definition) is 7. The fourth-order valence-corrected chi connectivity index (χ4v) is 2.61. The number of esters is 1. The highest BCUT2D eigenvalue weighted by atomic mass is 32.2. The number of nitrogens with zero attached hydrogens (tertiary/aromatic N) is 2. The van der Waals surface area contributed by atoms with Gasteiger partial charge in [-0.3, -0.25) is 4.18 Å². The van der Waals surface area contributed by atoms with Crippen molar-refractivity contribution < 1.29 is 22.1 Å². The second kappa shape index (κ2) is 5.37. The SMILES string of the molecule is COC(=O)c1cc(C)cnc1N1CC(OS(C)(=O)=O)C1. The average Bonchev–Trinajstić information content (AvgIpc) is 2.31. The highest BCUT2D eigenvalue weighted by molar-refractivity contribution is 7.86. The monoisotopic (exact) mass is 300 g/mol. The maximum absolute atomic E-state index is 11.7. The number of anilines is 1. The van der Waals surface area contributed by atoms with Crippen molar-refractivity contribution in [2.24, 2.45) is 0 Å². The Morgan fingerprint density at radius 2 is 2.10 bits per heavy atom. The molecule has 20 heavy (non-hydrogen) atoms. The van der Waals surface area contributed by atoms with E-state index in [0.29, 0.717) is 24.5 Å². The second-order valence-corrected chi connectivity index (χ2v) is 6.30. The standard InChI is InChI=1S/C12H16N2O5S/c1-8-4-10(12(15)18-2)11(13-5-8)14-6-9(7-14)19-20(3,16)17/h4-5,9H,6-7H2,1-3H3. The zero-order chi connectivity index (χ0) is 14.9. The summed E-state index contributed by atoms with van der Waals surface area (Å²) in [4.78, 5) is 17.7. The maximum atomic E-state index is 11.7. The summed E-state index contributed by atoms with van der Waals surface area (Å²) in [5.41, 5.74) is 1.21. The predicted octanol–water partition coefficient (Wildman–Crippen LogP) is 0.341. The molecular formula is C12H16N2O5S. The molecule has 1 aliphatic heterocycles. The van der Waals surface area contributed by atoms with Crippen molar-refractivity contribution in [3.05, 3.63) is 23.4 Å². The van der Waals surface area contributed by atoms with E-state index in [0.717, 1.165) is 11.8 Å². The third kappa shape index (κ3) is 3.26. The van der Waals surface area contributed by atoms with Crippen LogP contribution in [0.1, 0.15) is 15.9 Å². The first-order valence-corrected chi connectivity index (χ1v) is 7.80. The number of ether oxygens (including phenoxy) is 1. The predicted molar refractivity (Wildman–Crippen MR) is 72.2 cm³/mol. The lowest BCUT2D eigenvalue weighted by Gasteiger charge is -2.39. The van der Waals surface area contributed by atoms with Gasteiger partial charge >= 0.3 is 5.97 Å². The molecule has 1 aliphatic rings. The first-order chi connectivity index (χ1) is 9.30. The molecule has 0 N–H and O–H groups in total. The third-order valence-electron chi connectivity index (χ3n) is 2.87. The van der Waals surface area contributed by atoms with E-state index in [2.05, 4.69) is 4.98 Å². The van der Waals surface area contributed by atoms with E-state index in [1.54, 1.807) is 17.2 Å². The minimum Gasteiger partial charge on any atom is -0.465 e. The van der Waals surface area contributed by atoms with Gasteiger partial charge in [-0.1, -0.05) is 0 Å². The fourth-order valence-electron chi connectivity index (χ4n) is 1.99. The molecule has 0 bridgehead atoms. The highest BCUT2D eigenvalue weighted by Gasteiger charge is 2.33. The number of rotatable bonds is 4. The van der Waals surface area contributed by atoms with E-state index < -0.39 is 22.2 Å². The lowest BCUT2D eigenvalue weighted by atomic mass is 10.1. The largest absolute Gasteiger partial charge is 0.465 e. The summed E-state index contributed by atoms with van der Waals surface area (Å²) in [7, 11) is -2.16. The van der Waals surface area contributed by atoms with Crippen LogP contribution in [0.3, 0.4) is 0 Å². The van der Waals surface area contributed by atoms with Crippen LogP contribution in [0.2, 0.25) is 0 Å². The molecule has 0 aromatic carbocycles. The van der Waals surface area contributed by atoms with Gasteiger partial charge in [0.05, 0.1) is 13.4 Å². The first kappa shape index (κ1) is 14.7. The molecule has 2 rings (SSSR count). The maximum Gasteiger partial charge on any atom is 0.341 e. The number of carbonyl (C=O) groups is 1. The number of pyridine rings is 1. The first-order valence-electron chi connectivity index (χ1n) is 5.98. The molecule has 0 spiro atoms. The molecule has 1 aromatic rings. The molecule has 0 aliphatic carbocycles. The molecule has 7 nitrogen and oxygen atoms in total. The van der Waals surface area contributed by atoms with E-state index in [9.17, 15) is 13.2 Å². The summed E-state index contributed by atoms with van der Waals surface area (Å²) in [5.74, 6) is 0.0134. The number of aromatic nitrogens is 1. The molecule has 2 heterocycles. The normalized spacial score (nSPS) is 15.8. The third-order valence-corrected chi connectivity index (χ3v) is 3.49. The molecule has 0 saturated carbocycles. The van der Waals surface area contributed by atoms with Crippen molar-refractivity contribution in [1.82, 2.24) is 4.98 Å². The fraction of sp³-hybridized carbons (Fsp3) is 0.500. The van der Waals surface area contributed by atoms with Crippen molar-refractivity contribution in [3.8, 4) is 0 Å². The molecule has 1 fully saturated rings. The van der Waals surface area contributed by atoms with Crippen molar-refractivity contribution in [1.29, 1.82) is 0 Å². The van der Waals surface area contributed by atoms with Gasteiger partial charge in [-0.25, -0.2) is 9.78 Å². The van der Waals surface area contributed by atoms with Gasteiger partial charge in [0.25, 0.3) is 10.1 Å². The van der Waals surface area contributed by atoms with Gasteiger partial charge in [0.2, 0.25) is 0 Å². The molecule has 0 amide bonds. The van der Waals surface area contributed by atoms with Crippen LogP contribution in [0.25, 0.3) is 0 Å². The number of hydrogen-bond donors (Lipinski definition) is 0. The topological polar surface area (TPSA) is 85.8 Å². The Kier molecular flexibility index (Phi) is 3.96. The Bertz CT molecular complexity index is 623. The molecule has 110 valence electrons. The van der Waals surface area contributed by atoms with Gasteiger partial charge in [-0.05, 0) is 18.6 Å². The Morgan fingerprint density at radius 1 is 1.45 bits per heavy atom. The second-order valence-electron chi connectivity index (χ2n) is 4.70. The smallest absolute Gasteiger partial charge is 0.341 e. The summed E-state index contributed by atoms with van der Waals surface area (Å²) in [6.45, 7) is 2.56. The van der Waals surface area contributed by atoms with E-state index in [1.165, 1.54) is 7.11 Å². The van der Waals surface area contributed by atoms with Crippen LogP contribution in [0.5, 0.6) is 0 Å². The molecular weight excluding hydrogens is 284 g/mol. The van der Waals surface area contributed by atoms with Crippen LogP contribution in [0.4, 0.5) is 5.82 Å². The molecule has 8 heteroatoms. The van der Waals surface area contributed by atoms with Crippen molar-refractivity contribution in [3.63, 3.8) is 0 Å². The van der Waals surface area contributed by atoms with Gasteiger partial charge in [0.15, 0.2) is 0 Å². The Morgan fingerprint density at radius 3 is 2.65 bits per heavy atom. The molecule has 0 unspecified atom stereocenters. The van der Waals surface area contributed by atoms with Gasteiger partial charge in [-0.15, -0.1) is 0 Å². The van der Waals surface area contributed by atoms with Crippen LogP contribution >= 0.6 is 0 Å². The van der Waals surface area contributed by atoms with Crippen molar-refractivity contribution in [2.75, 3.05) is 31.4 Å². The lowest BCUT2D eigenvalue weighted by molar-refractivity contribution is 0.0599. The van der Waals surface area contributed by atoms with E-state index in [4.69, 9.17) is 8.92 Å². The van der Waals surface area contributed by atoms with Crippen LogP contribution in [0.15, 0.2) is 12.3 Å². The van der Waals surface area contributed by atoms with E-state index in [1.807, 2.05) is 6.92 Å². The minimum atomic E-state index is -3.47. The summed E-state index contributed by atoms with van der Waals surface area (Å²) < 4.78 is 31.6. The highest BCUT2D eigenvalue weighted by Crippen LogP contribution is 2.26. The minimum absolute atomic E-state index is 0.366. The van der Waals surface area contributed by atoms with Gasteiger partial charge in [0, 0.05) is 19.3 Å².